The first kappa shape index (κ1) is 14.6. The lowest BCUT2D eigenvalue weighted by Crippen LogP contribution is -1.86. The molecule has 0 aliphatic heterocycles. The van der Waals surface area contributed by atoms with Gasteiger partial charge in [-0.15, -0.1) is 0 Å². The number of benzene rings is 5. The molecule has 0 aromatic heterocycles. The fourth-order valence-electron chi connectivity index (χ4n) is 5.02. The maximum Gasteiger partial charge on any atom is -0.00880 e. The van der Waals surface area contributed by atoms with Crippen LogP contribution in [0, 0.1) is 0 Å². The lowest BCUT2D eigenvalue weighted by Gasteiger charge is -2.10. The fraction of sp³-hybridized carbons (Fsp3) is 0.0714. The molecule has 0 amide bonds. The fourth-order valence-corrected chi connectivity index (χ4v) is 5.02. The Morgan fingerprint density at radius 2 is 0.679 bits per heavy atom. The van der Waals surface area contributed by atoms with Crippen molar-refractivity contribution in [2.24, 2.45) is 0 Å². The zero-order valence-corrected chi connectivity index (χ0v) is 15.5. The molecule has 7 rings (SSSR count). The summed E-state index contributed by atoms with van der Waals surface area (Å²) >= 11 is 0. The highest BCUT2D eigenvalue weighted by Crippen LogP contribution is 2.34. The molecule has 0 heteroatoms. The van der Waals surface area contributed by atoms with Crippen LogP contribution < -0.4 is 0 Å². The molecule has 0 radical (unpaired) electrons. The van der Waals surface area contributed by atoms with E-state index in [1.807, 2.05) is 0 Å². The van der Waals surface area contributed by atoms with E-state index in [1.54, 1.807) is 0 Å². The maximum absolute atomic E-state index is 2.37. The van der Waals surface area contributed by atoms with Gasteiger partial charge in [-0.3, -0.25) is 0 Å². The molecule has 0 spiro atoms. The van der Waals surface area contributed by atoms with E-state index in [4.69, 9.17) is 0 Å². The van der Waals surface area contributed by atoms with Crippen LogP contribution in [0.1, 0.15) is 22.3 Å². The van der Waals surface area contributed by atoms with Crippen molar-refractivity contribution < 1.29 is 0 Å². The van der Waals surface area contributed by atoms with E-state index >= 15 is 0 Å². The minimum atomic E-state index is 1.06. The van der Waals surface area contributed by atoms with E-state index < -0.39 is 0 Å². The molecular weight excluding hydrogens is 336 g/mol. The van der Waals surface area contributed by atoms with E-state index in [0.717, 1.165) is 12.8 Å². The molecule has 0 unspecified atom stereocenters. The van der Waals surface area contributed by atoms with Crippen LogP contribution in [0.3, 0.4) is 0 Å². The molecule has 0 fully saturated rings. The van der Waals surface area contributed by atoms with Gasteiger partial charge in [0.05, 0.1) is 0 Å². The molecule has 2 aliphatic rings. The van der Waals surface area contributed by atoms with Gasteiger partial charge in [-0.25, -0.2) is 0 Å². The number of hydrogen-bond donors (Lipinski definition) is 0. The zero-order valence-electron chi connectivity index (χ0n) is 15.5. The van der Waals surface area contributed by atoms with Crippen molar-refractivity contribution in [1.82, 2.24) is 0 Å². The van der Waals surface area contributed by atoms with Crippen molar-refractivity contribution in [2.45, 2.75) is 12.8 Å². The average Bonchev–Trinajstić information content (AvgIpc) is 3.33. The van der Waals surface area contributed by atoms with Crippen molar-refractivity contribution in [3.05, 3.63) is 95.1 Å². The molecule has 0 bridgehead atoms. The van der Waals surface area contributed by atoms with E-state index in [-0.39, 0.29) is 0 Å². The average molecular weight is 354 g/mol. The minimum Gasteiger partial charge on any atom is -0.0795 e. The van der Waals surface area contributed by atoms with Gasteiger partial charge in [-0.05, 0) is 127 Å². The summed E-state index contributed by atoms with van der Waals surface area (Å²) < 4.78 is 0. The summed E-state index contributed by atoms with van der Waals surface area (Å²) in [7, 11) is 0. The molecular formula is C28H18. The van der Waals surface area contributed by atoms with Gasteiger partial charge >= 0.3 is 0 Å². The lowest BCUT2D eigenvalue weighted by molar-refractivity contribution is 1.32. The van der Waals surface area contributed by atoms with Crippen molar-refractivity contribution in [2.75, 3.05) is 0 Å². The Morgan fingerprint density at radius 1 is 0.357 bits per heavy atom. The first-order valence-corrected chi connectivity index (χ1v) is 10.0. The highest BCUT2D eigenvalue weighted by atomic mass is 14.1. The van der Waals surface area contributed by atoms with Crippen LogP contribution in [0.2, 0.25) is 0 Å². The van der Waals surface area contributed by atoms with Crippen LogP contribution in [0.15, 0.2) is 72.8 Å². The Hall–Kier alpha value is -3.38. The Bertz CT molecular complexity index is 1430. The van der Waals surface area contributed by atoms with Crippen LogP contribution in [0.4, 0.5) is 0 Å². The predicted octanol–water partition coefficient (Wildman–Crippen LogP) is 7.44. The lowest BCUT2D eigenvalue weighted by atomic mass is 9.95. The van der Waals surface area contributed by atoms with Crippen LogP contribution in [0.25, 0.3) is 55.2 Å². The second kappa shape index (κ2) is 5.11. The van der Waals surface area contributed by atoms with E-state index in [1.165, 1.54) is 65.3 Å². The number of rotatable bonds is 0. The highest BCUT2D eigenvalue weighted by molar-refractivity contribution is 6.08. The number of fused-ring (bicyclic) bond motifs is 6. The second-order valence-electron chi connectivity index (χ2n) is 8.26. The molecule has 0 heterocycles. The summed E-state index contributed by atoms with van der Waals surface area (Å²) in [5, 5.41) is 10.7. The summed E-state index contributed by atoms with van der Waals surface area (Å²) in [4.78, 5) is 0. The third-order valence-electron chi connectivity index (χ3n) is 6.49. The summed E-state index contributed by atoms with van der Waals surface area (Å²) in [6.45, 7) is 0. The Kier molecular flexibility index (Phi) is 2.67. The van der Waals surface area contributed by atoms with Crippen molar-refractivity contribution >= 4 is 55.2 Å². The van der Waals surface area contributed by atoms with Gasteiger partial charge in [0.25, 0.3) is 0 Å². The molecule has 0 N–H and O–H groups in total. The molecule has 5 aromatic carbocycles. The molecule has 0 atom stereocenters. The topological polar surface area (TPSA) is 0 Å². The van der Waals surface area contributed by atoms with Gasteiger partial charge < -0.3 is 0 Å². The second-order valence-corrected chi connectivity index (χ2v) is 8.26. The van der Waals surface area contributed by atoms with Crippen LogP contribution in [-0.2, 0) is 12.8 Å². The Labute approximate surface area is 163 Å². The first-order valence-electron chi connectivity index (χ1n) is 10.0. The molecule has 0 nitrogen and oxygen atoms in total. The van der Waals surface area contributed by atoms with Gasteiger partial charge in [0.15, 0.2) is 0 Å². The van der Waals surface area contributed by atoms with Crippen molar-refractivity contribution in [3.8, 4) is 0 Å². The SMILES string of the molecule is C1=Cc2cc3cc4cc5cc6cc7c(cc6cc5cc4cc3cc2C1)CC=C7. The number of allylic oxidation sites excluding steroid dienone is 2. The molecule has 0 saturated carbocycles. The zero-order chi connectivity index (χ0) is 18.2. The summed E-state index contributed by atoms with van der Waals surface area (Å²) in [6, 6.07) is 23.6. The van der Waals surface area contributed by atoms with Crippen LogP contribution in [0.5, 0.6) is 0 Å². The summed E-state index contributed by atoms with van der Waals surface area (Å²) in [6.07, 6.45) is 11.1. The molecule has 130 valence electrons. The summed E-state index contributed by atoms with van der Waals surface area (Å²) in [5.41, 5.74) is 5.64. The van der Waals surface area contributed by atoms with Gasteiger partial charge in [0.1, 0.15) is 0 Å². The smallest absolute Gasteiger partial charge is 0.00880 e. The first-order chi connectivity index (χ1) is 13.8. The molecule has 0 saturated heterocycles. The quantitative estimate of drug-likeness (QED) is 0.254. The van der Waals surface area contributed by atoms with Crippen LogP contribution in [-0.4, -0.2) is 0 Å². The third-order valence-corrected chi connectivity index (χ3v) is 6.49. The normalized spacial score (nSPS) is 14.6. The number of hydrogen-bond acceptors (Lipinski definition) is 0. The highest BCUT2D eigenvalue weighted by Gasteiger charge is 2.10. The van der Waals surface area contributed by atoms with Gasteiger partial charge in [-0.1, -0.05) is 36.4 Å². The molecule has 28 heavy (non-hydrogen) atoms. The minimum absolute atomic E-state index is 1.06. The molecule has 5 aromatic rings. The van der Waals surface area contributed by atoms with Gasteiger partial charge in [0, 0.05) is 0 Å². The third kappa shape index (κ3) is 2.00. The standard InChI is InChI=1S/C28H18/c1-3-17-7-21-11-25-15-27-13-23-9-19-5-2-6-20(19)10-24(23)14-28(27)16-26(25)12-22(21)8-18(17)4-1/h1-3,5,7-16H,4,6H2. The van der Waals surface area contributed by atoms with Gasteiger partial charge in [0.2, 0.25) is 0 Å². The van der Waals surface area contributed by atoms with E-state index in [2.05, 4.69) is 85.0 Å². The maximum atomic E-state index is 2.37. The predicted molar refractivity (Wildman–Crippen MR) is 122 cm³/mol. The van der Waals surface area contributed by atoms with Crippen molar-refractivity contribution in [1.29, 1.82) is 0 Å². The van der Waals surface area contributed by atoms with E-state index in [0.29, 0.717) is 0 Å². The monoisotopic (exact) mass is 354 g/mol. The van der Waals surface area contributed by atoms with Crippen LogP contribution >= 0.6 is 0 Å². The largest absolute Gasteiger partial charge is 0.0795 e. The summed E-state index contributed by atoms with van der Waals surface area (Å²) in [5.74, 6) is 0. The van der Waals surface area contributed by atoms with E-state index in [9.17, 15) is 0 Å². The Balaban J connectivity index is 1.53. The van der Waals surface area contributed by atoms with Gasteiger partial charge in [-0.2, -0.15) is 0 Å². The molecule has 2 aliphatic carbocycles. The van der Waals surface area contributed by atoms with Crippen molar-refractivity contribution in [3.63, 3.8) is 0 Å². The Morgan fingerprint density at radius 3 is 1.07 bits per heavy atom.